The van der Waals surface area contributed by atoms with Gasteiger partial charge in [0.1, 0.15) is 22.9 Å². The van der Waals surface area contributed by atoms with Crippen molar-refractivity contribution in [3.05, 3.63) is 46.5 Å². The van der Waals surface area contributed by atoms with E-state index in [0.29, 0.717) is 0 Å². The van der Waals surface area contributed by atoms with E-state index in [-0.39, 0.29) is 22.8 Å². The Morgan fingerprint density at radius 2 is 1.91 bits per heavy atom. The van der Waals surface area contributed by atoms with E-state index >= 15 is 0 Å². The molecule has 1 aromatic carbocycles. The molecular weight excluding hydrogens is 324 g/mol. The summed E-state index contributed by atoms with van der Waals surface area (Å²) in [5, 5.41) is 6.58. The molecule has 1 heterocycles. The van der Waals surface area contributed by atoms with Gasteiger partial charge in [0.15, 0.2) is 5.13 Å². The van der Waals surface area contributed by atoms with Crippen molar-refractivity contribution >= 4 is 28.3 Å². The maximum Gasteiger partial charge on any atom is 0.271 e. The second kappa shape index (κ2) is 7.28. The zero-order chi connectivity index (χ0) is 17.0. The molecule has 0 saturated carbocycles. The fourth-order valence-electron chi connectivity index (χ4n) is 1.71. The van der Waals surface area contributed by atoms with Crippen LogP contribution in [0.15, 0.2) is 23.6 Å². The molecule has 1 atom stereocenters. The Labute approximate surface area is 135 Å². The predicted molar refractivity (Wildman–Crippen MR) is 83.6 cm³/mol. The van der Waals surface area contributed by atoms with Crippen LogP contribution in [0.1, 0.15) is 41.1 Å². The molecule has 0 saturated heterocycles. The first-order chi connectivity index (χ1) is 10.9. The topological polar surface area (TPSA) is 71.1 Å². The lowest BCUT2D eigenvalue weighted by atomic mass is 10.2. The third-order valence-corrected chi connectivity index (χ3v) is 3.89. The molecule has 0 spiro atoms. The van der Waals surface area contributed by atoms with Gasteiger partial charge in [0.05, 0.1) is 0 Å². The number of nitrogens with zero attached hydrogens (tertiary/aromatic N) is 1. The lowest BCUT2D eigenvalue weighted by molar-refractivity contribution is 0.0933. The molecule has 5 nitrogen and oxygen atoms in total. The van der Waals surface area contributed by atoms with E-state index < -0.39 is 23.1 Å². The summed E-state index contributed by atoms with van der Waals surface area (Å²) < 4.78 is 27.1. The highest BCUT2D eigenvalue weighted by Crippen LogP contribution is 2.19. The molecular formula is C15H15F2N3O2S. The highest BCUT2D eigenvalue weighted by Gasteiger charge is 2.19. The first-order valence-electron chi connectivity index (χ1n) is 6.94. The summed E-state index contributed by atoms with van der Waals surface area (Å²) in [4.78, 5) is 27.8. The van der Waals surface area contributed by atoms with Crippen molar-refractivity contribution in [2.45, 2.75) is 26.3 Å². The number of thiazole rings is 1. The van der Waals surface area contributed by atoms with Crippen LogP contribution in [0, 0.1) is 11.6 Å². The molecule has 23 heavy (non-hydrogen) atoms. The second-order valence-electron chi connectivity index (χ2n) is 4.87. The molecule has 2 amide bonds. The molecule has 0 radical (unpaired) electrons. The number of nitrogens with one attached hydrogen (secondary N) is 2. The number of benzene rings is 1. The molecule has 122 valence electrons. The van der Waals surface area contributed by atoms with Gasteiger partial charge in [-0.3, -0.25) is 14.9 Å². The Kier molecular flexibility index (Phi) is 5.38. The van der Waals surface area contributed by atoms with Crippen molar-refractivity contribution in [1.29, 1.82) is 0 Å². The monoisotopic (exact) mass is 339 g/mol. The van der Waals surface area contributed by atoms with Crippen molar-refractivity contribution in [3.63, 3.8) is 0 Å². The van der Waals surface area contributed by atoms with E-state index in [1.165, 1.54) is 11.4 Å². The largest absolute Gasteiger partial charge is 0.348 e. The van der Waals surface area contributed by atoms with Crippen LogP contribution < -0.4 is 10.6 Å². The van der Waals surface area contributed by atoms with E-state index in [2.05, 4.69) is 15.6 Å². The van der Waals surface area contributed by atoms with Crippen LogP contribution >= 0.6 is 11.3 Å². The Balaban J connectivity index is 2.10. The van der Waals surface area contributed by atoms with Crippen LogP contribution in [-0.2, 0) is 0 Å². The SMILES string of the molecule is CCC(C)NC(=O)c1csc(NC(=O)c2c(F)cccc2F)n1. The van der Waals surface area contributed by atoms with Crippen molar-refractivity contribution < 1.29 is 18.4 Å². The number of carbonyl (C=O) groups excluding carboxylic acids is 2. The highest BCUT2D eigenvalue weighted by molar-refractivity contribution is 7.14. The predicted octanol–water partition coefficient (Wildman–Crippen LogP) is 3.20. The third-order valence-electron chi connectivity index (χ3n) is 3.14. The number of anilines is 1. The average Bonchev–Trinajstić information content (AvgIpc) is 2.95. The van der Waals surface area contributed by atoms with Crippen LogP contribution in [-0.4, -0.2) is 22.8 Å². The standard InChI is InChI=1S/C15H15F2N3O2S/c1-3-8(2)18-13(21)11-7-23-15(19-11)20-14(22)12-9(16)5-4-6-10(12)17/h4-8H,3H2,1-2H3,(H,18,21)(H,19,20,22). The summed E-state index contributed by atoms with van der Waals surface area (Å²) >= 11 is 0.998. The van der Waals surface area contributed by atoms with Gasteiger partial charge in [0, 0.05) is 11.4 Å². The summed E-state index contributed by atoms with van der Waals surface area (Å²) in [5.74, 6) is -3.25. The molecule has 0 bridgehead atoms. The minimum absolute atomic E-state index is 0.00486. The molecule has 0 aliphatic carbocycles. The van der Waals surface area contributed by atoms with E-state index in [1.807, 2.05) is 13.8 Å². The average molecular weight is 339 g/mol. The number of halogens is 2. The summed E-state index contributed by atoms with van der Waals surface area (Å²) in [5.41, 5.74) is -0.548. The van der Waals surface area contributed by atoms with Gasteiger partial charge < -0.3 is 5.32 Å². The van der Waals surface area contributed by atoms with Crippen molar-refractivity contribution in [2.75, 3.05) is 5.32 Å². The smallest absolute Gasteiger partial charge is 0.271 e. The Hall–Kier alpha value is -2.35. The maximum atomic E-state index is 13.5. The zero-order valence-electron chi connectivity index (χ0n) is 12.5. The van der Waals surface area contributed by atoms with E-state index in [9.17, 15) is 18.4 Å². The molecule has 0 fully saturated rings. The molecule has 1 unspecified atom stereocenters. The number of aromatic nitrogens is 1. The second-order valence-corrected chi connectivity index (χ2v) is 5.73. The lowest BCUT2D eigenvalue weighted by Gasteiger charge is -2.09. The minimum atomic E-state index is -0.964. The molecule has 2 N–H and O–H groups in total. The van der Waals surface area contributed by atoms with Gasteiger partial charge in [-0.2, -0.15) is 0 Å². The summed E-state index contributed by atoms with van der Waals surface area (Å²) in [6.07, 6.45) is 0.770. The van der Waals surface area contributed by atoms with Crippen molar-refractivity contribution in [2.24, 2.45) is 0 Å². The Morgan fingerprint density at radius 1 is 1.26 bits per heavy atom. The number of amides is 2. The fraction of sp³-hybridized carbons (Fsp3) is 0.267. The van der Waals surface area contributed by atoms with Crippen molar-refractivity contribution in [1.82, 2.24) is 10.3 Å². The molecule has 1 aromatic heterocycles. The zero-order valence-corrected chi connectivity index (χ0v) is 13.3. The first kappa shape index (κ1) is 17.0. The van der Waals surface area contributed by atoms with E-state index in [1.54, 1.807) is 0 Å². The summed E-state index contributed by atoms with van der Waals surface area (Å²) in [6.45, 7) is 3.79. The van der Waals surface area contributed by atoms with E-state index in [4.69, 9.17) is 0 Å². The molecule has 8 heteroatoms. The third kappa shape index (κ3) is 4.10. The molecule has 0 aliphatic heterocycles. The van der Waals surface area contributed by atoms with Crippen LogP contribution in [0.25, 0.3) is 0 Å². The van der Waals surface area contributed by atoms with Gasteiger partial charge in [-0.15, -0.1) is 11.3 Å². The molecule has 0 aliphatic rings. The van der Waals surface area contributed by atoms with Gasteiger partial charge in [-0.05, 0) is 25.5 Å². The number of hydrogen-bond donors (Lipinski definition) is 2. The van der Waals surface area contributed by atoms with Gasteiger partial charge in [-0.1, -0.05) is 13.0 Å². The van der Waals surface area contributed by atoms with Gasteiger partial charge in [0.25, 0.3) is 11.8 Å². The van der Waals surface area contributed by atoms with Crippen molar-refractivity contribution in [3.8, 4) is 0 Å². The number of rotatable bonds is 5. The number of hydrogen-bond acceptors (Lipinski definition) is 4. The van der Waals surface area contributed by atoms with Crippen LogP contribution in [0.3, 0.4) is 0 Å². The van der Waals surface area contributed by atoms with Crippen LogP contribution in [0.2, 0.25) is 0 Å². The summed E-state index contributed by atoms with van der Waals surface area (Å²) in [6, 6.07) is 3.15. The summed E-state index contributed by atoms with van der Waals surface area (Å²) in [7, 11) is 0. The highest BCUT2D eigenvalue weighted by atomic mass is 32.1. The molecule has 2 rings (SSSR count). The van der Waals surface area contributed by atoms with E-state index in [0.717, 1.165) is 29.9 Å². The Bertz CT molecular complexity index is 713. The van der Waals surface area contributed by atoms with Crippen LogP contribution in [0.4, 0.5) is 13.9 Å². The Morgan fingerprint density at radius 3 is 2.52 bits per heavy atom. The molecule has 2 aromatic rings. The van der Waals surface area contributed by atoms with Gasteiger partial charge >= 0.3 is 0 Å². The van der Waals surface area contributed by atoms with Gasteiger partial charge in [0.2, 0.25) is 0 Å². The normalized spacial score (nSPS) is 11.8. The minimum Gasteiger partial charge on any atom is -0.348 e. The fourth-order valence-corrected chi connectivity index (χ4v) is 2.40. The quantitative estimate of drug-likeness (QED) is 0.879. The maximum absolute atomic E-state index is 13.5. The number of carbonyl (C=O) groups is 2. The first-order valence-corrected chi connectivity index (χ1v) is 7.82. The lowest BCUT2D eigenvalue weighted by Crippen LogP contribution is -2.32. The van der Waals surface area contributed by atoms with Crippen LogP contribution in [0.5, 0.6) is 0 Å². The van der Waals surface area contributed by atoms with Gasteiger partial charge in [-0.25, -0.2) is 13.8 Å².